The van der Waals surface area contributed by atoms with Gasteiger partial charge in [0.2, 0.25) is 5.91 Å². The summed E-state index contributed by atoms with van der Waals surface area (Å²) in [6, 6.07) is 6.72. The van der Waals surface area contributed by atoms with E-state index < -0.39 is 11.6 Å². The summed E-state index contributed by atoms with van der Waals surface area (Å²) in [6.07, 6.45) is 1.41. The van der Waals surface area contributed by atoms with E-state index >= 15 is 0 Å². The van der Waals surface area contributed by atoms with Gasteiger partial charge in [0.15, 0.2) is 5.65 Å². The van der Waals surface area contributed by atoms with Crippen LogP contribution in [0.1, 0.15) is 0 Å². The van der Waals surface area contributed by atoms with Crippen LogP contribution in [0, 0.1) is 0 Å². The number of thiophene rings is 1. The number of carbonyl (C=O) groups excluding carboxylic acids is 1. The molecule has 8 nitrogen and oxygen atoms in total. The third-order valence-corrected chi connectivity index (χ3v) is 4.89. The highest BCUT2D eigenvalue weighted by atomic mass is 35.5. The fourth-order valence-corrected chi connectivity index (χ4v) is 3.57. The molecular formula is C16H12ClN5O3S. The molecule has 0 radical (unpaired) electrons. The van der Waals surface area contributed by atoms with Gasteiger partial charge in [-0.25, -0.2) is 18.9 Å². The lowest BCUT2D eigenvalue weighted by atomic mass is 10.3. The van der Waals surface area contributed by atoms with Crippen LogP contribution in [0.25, 0.3) is 15.9 Å². The van der Waals surface area contributed by atoms with E-state index in [4.69, 9.17) is 16.3 Å². The number of ether oxygens (including phenoxy) is 1. The van der Waals surface area contributed by atoms with Gasteiger partial charge >= 0.3 is 5.69 Å². The SMILES string of the molecule is COc1ccc(Cl)cc1NC(=O)Cn1nc2c3sccc3ncn2c1=O. The number of anilines is 1. The Bertz CT molecular complexity index is 1200. The molecule has 0 aliphatic carbocycles. The fraction of sp³-hybridized carbons (Fsp3) is 0.125. The van der Waals surface area contributed by atoms with E-state index in [-0.39, 0.29) is 6.54 Å². The first-order valence-corrected chi connectivity index (χ1v) is 8.77. The summed E-state index contributed by atoms with van der Waals surface area (Å²) in [5.41, 5.74) is 1.22. The first-order valence-electron chi connectivity index (χ1n) is 7.51. The predicted molar refractivity (Wildman–Crippen MR) is 99.3 cm³/mol. The zero-order chi connectivity index (χ0) is 18.3. The lowest BCUT2D eigenvalue weighted by Crippen LogP contribution is -2.28. The molecule has 4 rings (SSSR count). The van der Waals surface area contributed by atoms with Crippen molar-refractivity contribution < 1.29 is 9.53 Å². The number of nitrogens with one attached hydrogen (secondary N) is 1. The maximum absolute atomic E-state index is 12.5. The van der Waals surface area contributed by atoms with E-state index in [2.05, 4.69) is 15.4 Å². The lowest BCUT2D eigenvalue weighted by Gasteiger charge is -2.10. The van der Waals surface area contributed by atoms with Gasteiger partial charge in [-0.1, -0.05) is 11.6 Å². The molecule has 0 atom stereocenters. The number of rotatable bonds is 4. The van der Waals surface area contributed by atoms with Gasteiger partial charge in [0.05, 0.1) is 23.0 Å². The summed E-state index contributed by atoms with van der Waals surface area (Å²) in [4.78, 5) is 29.0. The molecule has 0 saturated carbocycles. The maximum atomic E-state index is 12.5. The minimum Gasteiger partial charge on any atom is -0.495 e. The number of hydrogen-bond acceptors (Lipinski definition) is 6. The quantitative estimate of drug-likeness (QED) is 0.578. The third-order valence-electron chi connectivity index (χ3n) is 3.76. The van der Waals surface area contributed by atoms with Crippen molar-refractivity contribution in [3.8, 4) is 5.75 Å². The maximum Gasteiger partial charge on any atom is 0.352 e. The van der Waals surface area contributed by atoms with Gasteiger partial charge < -0.3 is 10.1 Å². The van der Waals surface area contributed by atoms with Crippen LogP contribution in [0.15, 0.2) is 40.8 Å². The molecule has 10 heteroatoms. The number of nitrogens with zero attached hydrogens (tertiary/aromatic N) is 4. The second-order valence-corrected chi connectivity index (χ2v) is 6.76. The number of fused-ring (bicyclic) bond motifs is 3. The van der Waals surface area contributed by atoms with Gasteiger partial charge in [-0.15, -0.1) is 16.4 Å². The fourth-order valence-electron chi connectivity index (χ4n) is 2.58. The van der Waals surface area contributed by atoms with E-state index in [0.717, 1.165) is 14.9 Å². The van der Waals surface area contributed by atoms with Crippen molar-refractivity contribution in [3.05, 3.63) is 51.5 Å². The molecule has 3 heterocycles. The Morgan fingerprint density at radius 3 is 3.04 bits per heavy atom. The standard InChI is InChI=1S/C16H12ClN5O3S/c1-25-12-3-2-9(17)6-11(12)19-13(23)7-22-16(24)21-8-18-10-4-5-26-14(10)15(21)20-22/h2-6,8H,7H2,1H3,(H,19,23). The van der Waals surface area contributed by atoms with Gasteiger partial charge in [-0.05, 0) is 29.6 Å². The van der Waals surface area contributed by atoms with Gasteiger partial charge in [-0.2, -0.15) is 0 Å². The van der Waals surface area contributed by atoms with Crippen LogP contribution >= 0.6 is 22.9 Å². The minimum absolute atomic E-state index is 0.247. The van der Waals surface area contributed by atoms with Crippen molar-refractivity contribution in [1.82, 2.24) is 19.2 Å². The summed E-state index contributed by atoms with van der Waals surface area (Å²) < 4.78 is 8.41. The average Bonchev–Trinajstić information content (AvgIpc) is 3.20. The molecule has 0 spiro atoms. The number of methoxy groups -OCH3 is 1. The molecule has 0 aliphatic rings. The zero-order valence-corrected chi connectivity index (χ0v) is 15.0. The van der Waals surface area contributed by atoms with Crippen LogP contribution in [0.5, 0.6) is 5.75 Å². The molecule has 0 unspecified atom stereocenters. The van der Waals surface area contributed by atoms with E-state index in [9.17, 15) is 9.59 Å². The summed E-state index contributed by atoms with van der Waals surface area (Å²) in [5.74, 6) is 0.0426. The Balaban J connectivity index is 1.65. The van der Waals surface area contributed by atoms with Gasteiger partial charge in [0.1, 0.15) is 18.6 Å². The Labute approximate surface area is 155 Å². The number of carbonyl (C=O) groups is 1. The van der Waals surface area contributed by atoms with Crippen molar-refractivity contribution in [1.29, 1.82) is 0 Å². The third kappa shape index (κ3) is 2.80. The Morgan fingerprint density at radius 1 is 1.38 bits per heavy atom. The average molecular weight is 390 g/mol. The van der Waals surface area contributed by atoms with Crippen molar-refractivity contribution in [3.63, 3.8) is 0 Å². The number of hydrogen-bond donors (Lipinski definition) is 1. The second kappa shape index (κ2) is 6.43. The molecule has 0 saturated heterocycles. The van der Waals surface area contributed by atoms with E-state index in [1.54, 1.807) is 18.2 Å². The van der Waals surface area contributed by atoms with Crippen LogP contribution in [-0.4, -0.2) is 32.2 Å². The summed E-state index contributed by atoms with van der Waals surface area (Å²) >= 11 is 7.39. The highest BCUT2D eigenvalue weighted by Gasteiger charge is 2.15. The Morgan fingerprint density at radius 2 is 2.23 bits per heavy atom. The molecule has 0 bridgehead atoms. The first-order chi connectivity index (χ1) is 12.6. The largest absolute Gasteiger partial charge is 0.495 e. The Hall–Kier alpha value is -2.91. The van der Waals surface area contributed by atoms with Gasteiger partial charge in [-0.3, -0.25) is 4.79 Å². The first kappa shape index (κ1) is 16.6. The van der Waals surface area contributed by atoms with E-state index in [0.29, 0.717) is 22.1 Å². The number of benzene rings is 1. The van der Waals surface area contributed by atoms with Crippen molar-refractivity contribution in [2.45, 2.75) is 6.54 Å². The normalized spacial score (nSPS) is 11.2. The molecule has 4 aromatic rings. The summed E-state index contributed by atoms with van der Waals surface area (Å²) in [7, 11) is 1.49. The van der Waals surface area contributed by atoms with Crippen LogP contribution in [-0.2, 0) is 11.3 Å². The summed E-state index contributed by atoms with van der Waals surface area (Å²) in [5, 5.41) is 9.29. The van der Waals surface area contributed by atoms with Crippen LogP contribution in [0.4, 0.5) is 5.69 Å². The van der Waals surface area contributed by atoms with E-state index in [1.165, 1.54) is 29.2 Å². The molecule has 3 aromatic heterocycles. The molecule has 1 N–H and O–H groups in total. The van der Waals surface area contributed by atoms with Crippen LogP contribution in [0.2, 0.25) is 5.02 Å². The van der Waals surface area contributed by atoms with Crippen LogP contribution in [0.3, 0.4) is 0 Å². The topological polar surface area (TPSA) is 90.5 Å². The smallest absolute Gasteiger partial charge is 0.352 e. The van der Waals surface area contributed by atoms with Crippen molar-refractivity contribution >= 4 is 50.4 Å². The van der Waals surface area contributed by atoms with Crippen molar-refractivity contribution in [2.24, 2.45) is 0 Å². The number of halogens is 1. The molecule has 132 valence electrons. The molecule has 0 aliphatic heterocycles. The van der Waals surface area contributed by atoms with Crippen molar-refractivity contribution in [2.75, 3.05) is 12.4 Å². The van der Waals surface area contributed by atoms with E-state index in [1.807, 2.05) is 11.4 Å². The van der Waals surface area contributed by atoms with Gasteiger partial charge in [0.25, 0.3) is 0 Å². The highest BCUT2D eigenvalue weighted by molar-refractivity contribution is 7.17. The predicted octanol–water partition coefficient (Wildman–Crippen LogP) is 2.41. The molecule has 1 amide bonds. The second-order valence-electron chi connectivity index (χ2n) is 5.41. The Kier molecular flexibility index (Phi) is 4.09. The molecule has 0 fully saturated rings. The molecular weight excluding hydrogens is 378 g/mol. The number of amides is 1. The number of aromatic nitrogens is 4. The van der Waals surface area contributed by atoms with Crippen LogP contribution < -0.4 is 15.7 Å². The molecule has 26 heavy (non-hydrogen) atoms. The minimum atomic E-state index is -0.434. The van der Waals surface area contributed by atoms with Gasteiger partial charge in [0, 0.05) is 5.02 Å². The lowest BCUT2D eigenvalue weighted by molar-refractivity contribution is -0.117. The zero-order valence-electron chi connectivity index (χ0n) is 13.5. The summed E-state index contributed by atoms with van der Waals surface area (Å²) in [6.45, 7) is -0.247. The monoisotopic (exact) mass is 389 g/mol. The molecule has 1 aromatic carbocycles. The highest BCUT2D eigenvalue weighted by Crippen LogP contribution is 2.27.